The third-order valence-electron chi connectivity index (χ3n) is 15.2. The monoisotopic (exact) mass is 909 g/mol. The van der Waals surface area contributed by atoms with E-state index in [0.29, 0.717) is 17.7 Å². The Bertz CT molecular complexity index is 4220. The van der Waals surface area contributed by atoms with Gasteiger partial charge in [-0.15, -0.1) is 0 Å². The van der Waals surface area contributed by atoms with Crippen LogP contribution in [0.5, 0.6) is 11.5 Å². The molecule has 0 saturated heterocycles. The van der Waals surface area contributed by atoms with Crippen molar-refractivity contribution < 1.29 is 9.15 Å². The maximum absolute atomic E-state index is 6.92. The summed E-state index contributed by atoms with van der Waals surface area (Å²) in [5.74, 6) is 3.32. The van der Waals surface area contributed by atoms with Gasteiger partial charge in [-0.1, -0.05) is 170 Å². The first-order valence-corrected chi connectivity index (χ1v) is 25.8. The van der Waals surface area contributed by atoms with Crippen molar-refractivity contribution in [3.05, 3.63) is 218 Å². The number of benzene rings is 10. The zero-order chi connectivity index (χ0) is 45.7. The summed E-state index contributed by atoms with van der Waals surface area (Å²) in [6.07, 6.45) is 0. The summed E-state index contributed by atoms with van der Waals surface area (Å²) in [4.78, 5) is 19.0. The lowest BCUT2D eigenvalue weighted by Gasteiger charge is -2.40. The largest absolute Gasteiger partial charge is 0.458 e. The first-order valence-electron chi connectivity index (χ1n) is 23.8. The van der Waals surface area contributed by atoms with Gasteiger partial charge in [-0.2, -0.15) is 15.0 Å². The van der Waals surface area contributed by atoms with Crippen molar-refractivity contribution in [2.75, 3.05) is 4.90 Å². The van der Waals surface area contributed by atoms with Gasteiger partial charge in [0.05, 0.1) is 11.0 Å². The van der Waals surface area contributed by atoms with Crippen molar-refractivity contribution in [2.45, 2.75) is 0 Å². The molecule has 7 nitrogen and oxygen atoms in total. The van der Waals surface area contributed by atoms with Crippen LogP contribution in [0.3, 0.4) is 0 Å². The maximum atomic E-state index is 6.92. The van der Waals surface area contributed by atoms with E-state index < -0.39 is 8.07 Å². The van der Waals surface area contributed by atoms with Crippen LogP contribution < -0.4 is 46.8 Å². The van der Waals surface area contributed by atoms with E-state index in [1.54, 1.807) is 0 Å². The molecule has 0 atom stereocenters. The molecule has 0 aliphatic carbocycles. The molecule has 324 valence electrons. The fourth-order valence-corrected chi connectivity index (χ4v) is 17.2. The molecule has 0 spiro atoms. The summed E-state index contributed by atoms with van der Waals surface area (Å²) < 4.78 is 15.8. The number of para-hydroxylation sites is 2. The molecule has 0 unspecified atom stereocenters. The van der Waals surface area contributed by atoms with Crippen molar-refractivity contribution >= 4 is 124 Å². The van der Waals surface area contributed by atoms with Crippen molar-refractivity contribution in [3.8, 4) is 28.8 Å². The minimum Gasteiger partial charge on any atom is -0.458 e. The van der Waals surface area contributed by atoms with Gasteiger partial charge in [-0.25, -0.2) is 0 Å². The maximum Gasteiger partial charge on any atom is 0.258 e. The number of ether oxygens (including phenoxy) is 1. The molecule has 0 saturated carbocycles. The molecule has 0 fully saturated rings. The van der Waals surface area contributed by atoms with Crippen molar-refractivity contribution in [2.24, 2.45) is 0 Å². The van der Waals surface area contributed by atoms with Gasteiger partial charge >= 0.3 is 0 Å². The standard InChI is InChI=1S/C61H36BN5O2Si/c1-4-17-39(18-5-1)70(40-19-6-2-7-20-40,41-21-8-3-9-22-41)42-23-14-16-38(36-42)59-63-60(66-45-26-12-10-24-43(45)44-25-11-13-27-46(44)66)65-61(64-59)67-47-28-15-29-51-56(47)62-57-48(67)32-35-50-55(57)54-49(68-50)33-30-37-31-34-52(69-51)58(62)53(37)54/h1-36H. The van der Waals surface area contributed by atoms with Gasteiger partial charge in [0.2, 0.25) is 11.9 Å². The number of hydrogen-bond donors (Lipinski definition) is 0. The predicted molar refractivity (Wildman–Crippen MR) is 287 cm³/mol. The van der Waals surface area contributed by atoms with Crippen molar-refractivity contribution in [3.63, 3.8) is 0 Å². The van der Waals surface area contributed by atoms with E-state index in [4.69, 9.17) is 24.1 Å². The Morgan fingerprint density at radius 1 is 0.414 bits per heavy atom. The number of rotatable bonds is 7. The average molecular weight is 910 g/mol. The Balaban J connectivity index is 0.999. The van der Waals surface area contributed by atoms with Crippen LogP contribution in [-0.4, -0.2) is 34.3 Å². The summed E-state index contributed by atoms with van der Waals surface area (Å²) in [5, 5.41) is 12.0. The number of nitrogens with zero attached hydrogens (tertiary/aromatic N) is 5. The van der Waals surface area contributed by atoms with Gasteiger partial charge < -0.3 is 9.15 Å². The summed E-state index contributed by atoms with van der Waals surface area (Å²) in [7, 11) is -2.92. The lowest BCUT2D eigenvalue weighted by Crippen LogP contribution is -2.74. The molecule has 9 heteroatoms. The third kappa shape index (κ3) is 4.95. The third-order valence-corrected chi connectivity index (χ3v) is 20.0. The Morgan fingerprint density at radius 3 is 1.70 bits per heavy atom. The van der Waals surface area contributed by atoms with Crippen LogP contribution in [0.2, 0.25) is 0 Å². The van der Waals surface area contributed by atoms with Crippen LogP contribution in [-0.2, 0) is 0 Å². The molecule has 0 N–H and O–H groups in total. The van der Waals surface area contributed by atoms with Crippen molar-refractivity contribution in [1.82, 2.24) is 19.5 Å². The summed E-state index contributed by atoms with van der Waals surface area (Å²) >= 11 is 0. The Morgan fingerprint density at radius 2 is 0.986 bits per heavy atom. The Hall–Kier alpha value is -9.05. The lowest BCUT2D eigenvalue weighted by atomic mass is 9.32. The van der Waals surface area contributed by atoms with Gasteiger partial charge in [0.1, 0.15) is 22.7 Å². The first-order chi connectivity index (χ1) is 34.7. The van der Waals surface area contributed by atoms with Crippen LogP contribution in [0, 0.1) is 0 Å². The number of furan rings is 1. The second-order valence-electron chi connectivity index (χ2n) is 18.6. The van der Waals surface area contributed by atoms with Gasteiger partial charge in [-0.05, 0) is 96.4 Å². The van der Waals surface area contributed by atoms with E-state index in [-0.39, 0.29) is 6.71 Å². The molecule has 13 aromatic rings. The van der Waals surface area contributed by atoms with Crippen LogP contribution in [0.4, 0.5) is 17.3 Å². The zero-order valence-corrected chi connectivity index (χ0v) is 38.4. The summed E-state index contributed by atoms with van der Waals surface area (Å²) in [6, 6.07) is 78.4. The second kappa shape index (κ2) is 14.0. The molecule has 10 aromatic carbocycles. The fourth-order valence-electron chi connectivity index (χ4n) is 12.4. The smallest absolute Gasteiger partial charge is 0.258 e. The molecule has 3 aliphatic heterocycles. The van der Waals surface area contributed by atoms with Crippen LogP contribution in [0.15, 0.2) is 223 Å². The van der Waals surface area contributed by atoms with E-state index in [1.165, 1.54) is 42.4 Å². The molecule has 0 bridgehead atoms. The average Bonchev–Trinajstić information content (AvgIpc) is 3.99. The van der Waals surface area contributed by atoms with E-state index >= 15 is 0 Å². The molecule has 3 aromatic heterocycles. The fraction of sp³-hybridized carbons (Fsp3) is 0. The minimum atomic E-state index is -2.92. The number of aromatic nitrogens is 4. The van der Waals surface area contributed by atoms with E-state index in [2.05, 4.69) is 228 Å². The minimum absolute atomic E-state index is 0.0777. The van der Waals surface area contributed by atoms with E-state index in [0.717, 1.165) is 77.6 Å². The Labute approximate surface area is 402 Å². The normalized spacial score (nSPS) is 13.2. The van der Waals surface area contributed by atoms with Gasteiger partial charge in [0.25, 0.3) is 6.71 Å². The first kappa shape index (κ1) is 38.0. The van der Waals surface area contributed by atoms with Crippen LogP contribution in [0.25, 0.3) is 71.9 Å². The molecule has 70 heavy (non-hydrogen) atoms. The highest BCUT2D eigenvalue weighted by atomic mass is 28.3. The van der Waals surface area contributed by atoms with Crippen LogP contribution in [0.1, 0.15) is 0 Å². The van der Waals surface area contributed by atoms with Crippen LogP contribution >= 0.6 is 0 Å². The molecule has 3 aliphatic rings. The molecule has 16 rings (SSSR count). The number of hydrogen-bond acceptors (Lipinski definition) is 6. The summed E-state index contributed by atoms with van der Waals surface area (Å²) in [6.45, 7) is -0.0777. The molecule has 0 amide bonds. The SMILES string of the molecule is c1ccc([Si](c2ccccc2)(c2ccccc2)c2cccc(-c3nc(N4c5cccc6c5B5c7c(ccc8ccc9oc%10ccc4c5c%10c9c78)O6)nc(-n4c5ccccc5c5ccccc54)n3)c2)cc1. The van der Waals surface area contributed by atoms with Gasteiger partial charge in [-0.3, -0.25) is 9.47 Å². The Kier molecular flexibility index (Phi) is 7.60. The number of fused-ring (bicyclic) bond motifs is 3. The highest BCUT2D eigenvalue weighted by Gasteiger charge is 2.47. The second-order valence-corrected chi connectivity index (χ2v) is 22.4. The molecular weight excluding hydrogens is 874 g/mol. The van der Waals surface area contributed by atoms with E-state index in [1.807, 2.05) is 0 Å². The highest BCUT2D eigenvalue weighted by molar-refractivity contribution is 7.20. The quantitative estimate of drug-likeness (QED) is 0.117. The molecular formula is C61H36BN5O2Si. The van der Waals surface area contributed by atoms with Gasteiger partial charge in [0.15, 0.2) is 13.9 Å². The van der Waals surface area contributed by atoms with Crippen molar-refractivity contribution in [1.29, 1.82) is 0 Å². The topological polar surface area (TPSA) is 69.2 Å². The van der Waals surface area contributed by atoms with Gasteiger partial charge in [0, 0.05) is 38.5 Å². The summed E-state index contributed by atoms with van der Waals surface area (Å²) in [5.41, 5.74) is 10.1. The molecule has 6 heterocycles. The molecule has 0 radical (unpaired) electrons. The lowest BCUT2D eigenvalue weighted by molar-refractivity contribution is 0.488. The zero-order valence-electron chi connectivity index (χ0n) is 37.4. The predicted octanol–water partition coefficient (Wildman–Crippen LogP) is 9.78. The highest BCUT2D eigenvalue weighted by Crippen LogP contribution is 2.47. The van der Waals surface area contributed by atoms with E-state index in [9.17, 15) is 0 Å². The number of anilines is 3.